The summed E-state index contributed by atoms with van der Waals surface area (Å²) in [5, 5.41) is 9.32. The molecule has 8 heteroatoms. The van der Waals surface area contributed by atoms with Crippen molar-refractivity contribution in [2.24, 2.45) is 0 Å². The minimum Gasteiger partial charge on any atom is -0.478 e. The van der Waals surface area contributed by atoms with Crippen LogP contribution in [0.2, 0.25) is 5.02 Å². The molecule has 0 saturated carbocycles. The van der Waals surface area contributed by atoms with Crippen molar-refractivity contribution >= 4 is 29.4 Å². The van der Waals surface area contributed by atoms with Gasteiger partial charge in [0, 0.05) is 21.7 Å². The van der Waals surface area contributed by atoms with Gasteiger partial charge in [-0.3, -0.25) is 4.79 Å². The Morgan fingerprint density at radius 2 is 1.89 bits per heavy atom. The molecule has 1 atom stereocenters. The summed E-state index contributed by atoms with van der Waals surface area (Å²) in [4.78, 5) is 22.9. The van der Waals surface area contributed by atoms with Crippen molar-refractivity contribution in [3.05, 3.63) is 58.1 Å². The second-order valence-corrected chi connectivity index (χ2v) is 6.39. The number of carbonyl (C=O) groups excluding carboxylic acids is 1. The normalized spacial score (nSPS) is 16.2. The maximum absolute atomic E-state index is 13.3. The molecule has 4 nitrogen and oxygen atoms in total. The van der Waals surface area contributed by atoms with Crippen molar-refractivity contribution in [2.45, 2.75) is 19.2 Å². The van der Waals surface area contributed by atoms with Gasteiger partial charge in [0.2, 0.25) is 6.10 Å². The monoisotopic (exact) mass is 396 g/mol. The molecule has 0 fully saturated rings. The number of alkyl halides is 3. The molecule has 0 amide bonds. The summed E-state index contributed by atoms with van der Waals surface area (Å²) in [5.41, 5.74) is 0.209. The fourth-order valence-corrected chi connectivity index (χ4v) is 3.04. The summed E-state index contributed by atoms with van der Waals surface area (Å²) in [7, 11) is 0. The van der Waals surface area contributed by atoms with Crippen molar-refractivity contribution < 1.29 is 32.6 Å². The number of benzene rings is 2. The standard InChI is InChI=1S/C19H12ClF3O4/c1-9(24)10-3-2-4-11(5-10)14-8-13(20)6-12-7-15(18(25)26)17(19(21,22)23)27-16(12)14/h2-8,17H,1H3,(H,25,26). The highest BCUT2D eigenvalue weighted by molar-refractivity contribution is 6.31. The zero-order chi connectivity index (χ0) is 19.9. The molecule has 1 unspecified atom stereocenters. The summed E-state index contributed by atoms with van der Waals surface area (Å²) in [6.45, 7) is 1.37. The van der Waals surface area contributed by atoms with E-state index in [1.54, 1.807) is 18.2 Å². The lowest BCUT2D eigenvalue weighted by molar-refractivity contribution is -0.187. The number of hydrogen-bond donors (Lipinski definition) is 1. The SMILES string of the molecule is CC(=O)c1cccc(-c2cc(Cl)cc3c2OC(C(F)(F)F)C(C(=O)O)=C3)c1. The van der Waals surface area contributed by atoms with Crippen molar-refractivity contribution in [1.82, 2.24) is 0 Å². The Morgan fingerprint density at radius 3 is 2.48 bits per heavy atom. The predicted molar refractivity (Wildman–Crippen MR) is 93.0 cm³/mol. The molecule has 0 aliphatic carbocycles. The van der Waals surface area contributed by atoms with Crippen LogP contribution in [0.1, 0.15) is 22.8 Å². The highest BCUT2D eigenvalue weighted by Crippen LogP contribution is 2.44. The molecule has 27 heavy (non-hydrogen) atoms. The molecule has 1 aliphatic rings. The summed E-state index contributed by atoms with van der Waals surface area (Å²) in [6.07, 6.45) is -6.62. The van der Waals surface area contributed by atoms with Gasteiger partial charge in [-0.1, -0.05) is 29.8 Å². The topological polar surface area (TPSA) is 63.6 Å². The van der Waals surface area contributed by atoms with Crippen LogP contribution in [0.4, 0.5) is 13.2 Å². The van der Waals surface area contributed by atoms with Crippen molar-refractivity contribution in [3.63, 3.8) is 0 Å². The Hall–Kier alpha value is -2.80. The van der Waals surface area contributed by atoms with Crippen LogP contribution in [-0.4, -0.2) is 29.1 Å². The molecular weight excluding hydrogens is 385 g/mol. The number of hydrogen-bond acceptors (Lipinski definition) is 3. The van der Waals surface area contributed by atoms with Gasteiger partial charge in [0.15, 0.2) is 5.78 Å². The summed E-state index contributed by atoms with van der Waals surface area (Å²) in [5.74, 6) is -2.09. The van der Waals surface area contributed by atoms with Crippen molar-refractivity contribution in [3.8, 4) is 16.9 Å². The summed E-state index contributed by atoms with van der Waals surface area (Å²) >= 11 is 6.07. The number of Topliss-reactive ketones (excluding diaryl/α,β-unsaturated/α-hetero) is 1. The van der Waals surface area contributed by atoms with Gasteiger partial charge in [-0.05, 0) is 36.8 Å². The van der Waals surface area contributed by atoms with Gasteiger partial charge in [-0.25, -0.2) is 4.79 Å². The number of rotatable bonds is 3. The summed E-state index contributed by atoms with van der Waals surface area (Å²) in [6, 6.07) is 9.00. The third kappa shape index (κ3) is 3.68. The molecule has 0 saturated heterocycles. The van der Waals surface area contributed by atoms with E-state index in [9.17, 15) is 22.8 Å². The third-order valence-electron chi connectivity index (χ3n) is 4.04. The average Bonchev–Trinajstić information content (AvgIpc) is 2.59. The highest BCUT2D eigenvalue weighted by Gasteiger charge is 2.48. The number of aliphatic carboxylic acids is 1. The Morgan fingerprint density at radius 1 is 1.19 bits per heavy atom. The van der Waals surface area contributed by atoms with Crippen LogP contribution in [0.5, 0.6) is 5.75 Å². The largest absolute Gasteiger partial charge is 0.478 e. The molecule has 2 aromatic rings. The van der Waals surface area contributed by atoms with Crippen LogP contribution in [0.3, 0.4) is 0 Å². The van der Waals surface area contributed by atoms with Gasteiger partial charge in [0.05, 0.1) is 5.57 Å². The molecule has 2 aromatic carbocycles. The number of carboxylic acid groups (broad SMARTS) is 1. The first-order chi connectivity index (χ1) is 12.6. The van der Waals surface area contributed by atoms with E-state index < -0.39 is 23.8 Å². The van der Waals surface area contributed by atoms with E-state index in [4.69, 9.17) is 21.4 Å². The highest BCUT2D eigenvalue weighted by atomic mass is 35.5. The van der Waals surface area contributed by atoms with E-state index in [-0.39, 0.29) is 27.7 Å². The lowest BCUT2D eigenvalue weighted by Crippen LogP contribution is -2.40. The van der Waals surface area contributed by atoms with Gasteiger partial charge >= 0.3 is 12.1 Å². The lowest BCUT2D eigenvalue weighted by atomic mass is 9.94. The minimum absolute atomic E-state index is 0.114. The second kappa shape index (κ2) is 6.74. The Labute approximate surface area is 156 Å². The van der Waals surface area contributed by atoms with Crippen molar-refractivity contribution in [2.75, 3.05) is 0 Å². The molecule has 1 aliphatic heterocycles. The molecular formula is C19H12ClF3O4. The maximum Gasteiger partial charge on any atom is 0.430 e. The Kier molecular flexibility index (Phi) is 4.73. The number of ether oxygens (including phenoxy) is 1. The lowest BCUT2D eigenvalue weighted by Gasteiger charge is -2.28. The van der Waals surface area contributed by atoms with Crippen LogP contribution in [0.25, 0.3) is 17.2 Å². The van der Waals surface area contributed by atoms with E-state index in [0.717, 1.165) is 6.08 Å². The van der Waals surface area contributed by atoms with E-state index >= 15 is 0 Å². The summed E-state index contributed by atoms with van der Waals surface area (Å²) < 4.78 is 45.1. The van der Waals surface area contributed by atoms with E-state index in [1.165, 1.54) is 25.1 Å². The zero-order valence-corrected chi connectivity index (χ0v) is 14.6. The number of ketones is 1. The third-order valence-corrected chi connectivity index (χ3v) is 4.25. The van der Waals surface area contributed by atoms with Gasteiger partial charge in [0.25, 0.3) is 0 Å². The molecule has 1 N–H and O–H groups in total. The van der Waals surface area contributed by atoms with Crippen LogP contribution in [0, 0.1) is 0 Å². The fraction of sp³-hybridized carbons (Fsp3) is 0.158. The van der Waals surface area contributed by atoms with Crippen LogP contribution in [0.15, 0.2) is 42.0 Å². The number of carboxylic acids is 1. The first-order valence-corrected chi connectivity index (χ1v) is 8.09. The molecule has 0 spiro atoms. The number of halogens is 4. The fourth-order valence-electron chi connectivity index (χ4n) is 2.82. The predicted octanol–water partition coefficient (Wildman–Crippen LogP) is 5.00. The molecule has 3 rings (SSSR count). The van der Waals surface area contributed by atoms with Crippen LogP contribution in [-0.2, 0) is 4.79 Å². The second-order valence-electron chi connectivity index (χ2n) is 5.95. The molecule has 1 heterocycles. The smallest absolute Gasteiger partial charge is 0.430 e. The van der Waals surface area contributed by atoms with Crippen molar-refractivity contribution in [1.29, 1.82) is 0 Å². The Bertz CT molecular complexity index is 979. The van der Waals surface area contributed by atoms with Gasteiger partial charge in [0.1, 0.15) is 5.75 Å². The van der Waals surface area contributed by atoms with Crippen LogP contribution < -0.4 is 4.74 Å². The maximum atomic E-state index is 13.3. The van der Waals surface area contributed by atoms with Crippen LogP contribution >= 0.6 is 11.6 Å². The van der Waals surface area contributed by atoms with Gasteiger partial charge in [-0.15, -0.1) is 0 Å². The zero-order valence-electron chi connectivity index (χ0n) is 13.8. The molecule has 0 radical (unpaired) electrons. The average molecular weight is 397 g/mol. The van der Waals surface area contributed by atoms with E-state index in [1.807, 2.05) is 0 Å². The van der Waals surface area contributed by atoms with E-state index in [2.05, 4.69) is 0 Å². The Balaban J connectivity index is 2.23. The van der Waals surface area contributed by atoms with Gasteiger partial charge < -0.3 is 9.84 Å². The van der Waals surface area contributed by atoms with E-state index in [0.29, 0.717) is 11.1 Å². The minimum atomic E-state index is -4.92. The first kappa shape index (κ1) is 19.0. The quantitative estimate of drug-likeness (QED) is 0.741. The molecule has 0 aromatic heterocycles. The molecule has 0 bridgehead atoms. The number of carbonyl (C=O) groups is 2. The number of fused-ring (bicyclic) bond motifs is 1. The first-order valence-electron chi connectivity index (χ1n) is 7.71. The molecule has 140 valence electrons. The van der Waals surface area contributed by atoms with Gasteiger partial charge in [-0.2, -0.15) is 13.2 Å².